The van der Waals surface area contributed by atoms with Crippen LogP contribution in [0.2, 0.25) is 0 Å². The van der Waals surface area contributed by atoms with Crippen LogP contribution in [-0.2, 0) is 6.42 Å². The van der Waals surface area contributed by atoms with Crippen molar-refractivity contribution in [1.29, 1.82) is 0 Å². The average Bonchev–Trinajstić information content (AvgIpc) is 2.69. The first-order valence-corrected chi connectivity index (χ1v) is 10.6. The van der Waals surface area contributed by atoms with E-state index >= 15 is 0 Å². The first-order valence-electron chi connectivity index (χ1n) is 10.6. The van der Waals surface area contributed by atoms with Crippen LogP contribution in [0.5, 0.6) is 0 Å². The highest BCUT2D eigenvalue weighted by atomic mass is 19.1. The third-order valence-corrected chi connectivity index (χ3v) is 7.02. The quantitative estimate of drug-likeness (QED) is 0.499. The highest BCUT2D eigenvalue weighted by Gasteiger charge is 2.31. The number of hydrogen-bond donors (Lipinski definition) is 0. The molecular formula is C24H35F. The Balaban J connectivity index is 1.42. The number of allylic oxidation sites excluding steroid dienone is 1. The maximum absolute atomic E-state index is 12.1. The molecule has 1 aromatic carbocycles. The average molecular weight is 343 g/mol. The molecule has 0 spiro atoms. The van der Waals surface area contributed by atoms with E-state index in [0.29, 0.717) is 6.33 Å². The van der Waals surface area contributed by atoms with E-state index in [2.05, 4.69) is 31.2 Å². The van der Waals surface area contributed by atoms with Gasteiger partial charge in [-0.3, -0.25) is 0 Å². The Kier molecular flexibility index (Phi) is 7.13. The topological polar surface area (TPSA) is 0 Å². The Morgan fingerprint density at radius 3 is 2.04 bits per heavy atom. The molecule has 0 N–H and O–H groups in total. The summed E-state index contributed by atoms with van der Waals surface area (Å²) < 4.78 is 12.1. The third kappa shape index (κ3) is 5.19. The van der Waals surface area contributed by atoms with Crippen LogP contribution in [0.4, 0.5) is 4.39 Å². The Hall–Kier alpha value is -1.11. The molecule has 0 heterocycles. The molecule has 2 aliphatic carbocycles. The molecule has 0 amide bonds. The van der Waals surface area contributed by atoms with Crippen molar-refractivity contribution in [2.75, 3.05) is 0 Å². The molecule has 0 atom stereocenters. The molecule has 0 bridgehead atoms. The van der Waals surface area contributed by atoms with Crippen LogP contribution in [-0.4, -0.2) is 0 Å². The molecule has 2 fully saturated rings. The van der Waals surface area contributed by atoms with Crippen LogP contribution in [0.15, 0.2) is 36.7 Å². The minimum atomic E-state index is 0.708. The van der Waals surface area contributed by atoms with Crippen LogP contribution >= 0.6 is 0 Å². The van der Waals surface area contributed by atoms with Gasteiger partial charge in [-0.15, -0.1) is 0 Å². The van der Waals surface area contributed by atoms with Gasteiger partial charge in [0.1, 0.15) is 0 Å². The number of rotatable bonds is 6. The summed E-state index contributed by atoms with van der Waals surface area (Å²) in [7, 11) is 0. The smallest absolute Gasteiger partial charge is 0.0827 e. The lowest BCUT2D eigenvalue weighted by molar-refractivity contribution is 0.157. The summed E-state index contributed by atoms with van der Waals surface area (Å²) in [5.74, 6) is 3.58. The van der Waals surface area contributed by atoms with Crippen molar-refractivity contribution in [3.8, 4) is 0 Å². The molecule has 2 saturated carbocycles. The maximum atomic E-state index is 12.1. The van der Waals surface area contributed by atoms with E-state index in [-0.39, 0.29) is 0 Å². The van der Waals surface area contributed by atoms with Gasteiger partial charge in [-0.05, 0) is 92.6 Å². The van der Waals surface area contributed by atoms with Gasteiger partial charge in [-0.1, -0.05) is 50.1 Å². The summed E-state index contributed by atoms with van der Waals surface area (Å²) in [6.07, 6.45) is 16.9. The Morgan fingerprint density at radius 2 is 1.48 bits per heavy atom. The first kappa shape index (κ1) is 18.7. The third-order valence-electron chi connectivity index (χ3n) is 7.02. The van der Waals surface area contributed by atoms with E-state index in [1.807, 2.05) is 0 Å². The standard InChI is InChI=1S/C24H35F/c1-2-19-6-10-21(11-7-19)23-14-16-24(17-15-23)22-12-8-20(9-13-22)5-3-4-18-25/h4,6-7,10-11,18,20,22-24H,2-3,5,8-9,12-17H2,1H3/b18-4+/t20-,22-,23-,24-. The Bertz CT molecular complexity index is 514. The predicted molar refractivity (Wildman–Crippen MR) is 105 cm³/mol. The van der Waals surface area contributed by atoms with Crippen LogP contribution < -0.4 is 0 Å². The minimum Gasteiger partial charge on any atom is -0.216 e. The number of aryl methyl sites for hydroxylation is 1. The van der Waals surface area contributed by atoms with Gasteiger partial charge in [0.2, 0.25) is 0 Å². The summed E-state index contributed by atoms with van der Waals surface area (Å²) >= 11 is 0. The van der Waals surface area contributed by atoms with Crippen molar-refractivity contribution < 1.29 is 4.39 Å². The van der Waals surface area contributed by atoms with Crippen LogP contribution in [0.1, 0.15) is 88.2 Å². The second-order valence-corrected chi connectivity index (χ2v) is 8.43. The molecule has 0 aromatic heterocycles. The van der Waals surface area contributed by atoms with Crippen LogP contribution in [0.25, 0.3) is 0 Å². The van der Waals surface area contributed by atoms with Gasteiger partial charge >= 0.3 is 0 Å². The van der Waals surface area contributed by atoms with E-state index in [1.165, 1.54) is 63.4 Å². The summed E-state index contributed by atoms with van der Waals surface area (Å²) in [6.45, 7) is 2.23. The van der Waals surface area contributed by atoms with Crippen molar-refractivity contribution in [3.63, 3.8) is 0 Å². The van der Waals surface area contributed by atoms with Crippen molar-refractivity contribution >= 4 is 0 Å². The molecule has 3 rings (SSSR count). The van der Waals surface area contributed by atoms with Gasteiger partial charge < -0.3 is 0 Å². The normalized spacial score (nSPS) is 30.6. The van der Waals surface area contributed by atoms with Crippen molar-refractivity contribution in [2.24, 2.45) is 17.8 Å². The second-order valence-electron chi connectivity index (χ2n) is 8.43. The maximum Gasteiger partial charge on any atom is 0.0827 e. The molecule has 1 aromatic rings. The van der Waals surface area contributed by atoms with E-state index in [4.69, 9.17) is 0 Å². The van der Waals surface area contributed by atoms with Gasteiger partial charge in [0.15, 0.2) is 0 Å². The molecule has 0 nitrogen and oxygen atoms in total. The molecule has 0 unspecified atom stereocenters. The van der Waals surface area contributed by atoms with Crippen LogP contribution in [0, 0.1) is 17.8 Å². The zero-order valence-corrected chi connectivity index (χ0v) is 15.9. The first-order chi connectivity index (χ1) is 12.3. The monoisotopic (exact) mass is 342 g/mol. The summed E-state index contributed by atoms with van der Waals surface area (Å²) in [6, 6.07) is 9.39. The Morgan fingerprint density at radius 1 is 0.880 bits per heavy atom. The van der Waals surface area contributed by atoms with Gasteiger partial charge in [-0.25, -0.2) is 4.39 Å². The van der Waals surface area contributed by atoms with Gasteiger partial charge in [0.25, 0.3) is 0 Å². The fraction of sp³-hybridized carbons (Fsp3) is 0.667. The molecule has 0 radical (unpaired) electrons. The lowest BCUT2D eigenvalue weighted by atomic mass is 9.68. The summed E-state index contributed by atoms with van der Waals surface area (Å²) in [5.41, 5.74) is 3.02. The zero-order chi connectivity index (χ0) is 17.5. The lowest BCUT2D eigenvalue weighted by Crippen LogP contribution is -2.25. The lowest BCUT2D eigenvalue weighted by Gasteiger charge is -2.38. The van der Waals surface area contributed by atoms with Crippen molar-refractivity contribution in [2.45, 2.75) is 83.5 Å². The molecular weight excluding hydrogens is 307 g/mol. The predicted octanol–water partition coefficient (Wildman–Crippen LogP) is 7.59. The zero-order valence-electron chi connectivity index (χ0n) is 15.9. The number of benzene rings is 1. The fourth-order valence-electron chi connectivity index (χ4n) is 5.29. The van der Waals surface area contributed by atoms with Gasteiger partial charge in [-0.2, -0.15) is 0 Å². The Labute approximate surface area is 153 Å². The molecule has 138 valence electrons. The van der Waals surface area contributed by atoms with Crippen molar-refractivity contribution in [3.05, 3.63) is 47.8 Å². The minimum absolute atomic E-state index is 0.708. The van der Waals surface area contributed by atoms with E-state index in [9.17, 15) is 4.39 Å². The number of halogens is 1. The molecule has 2 aliphatic rings. The summed E-state index contributed by atoms with van der Waals surface area (Å²) in [4.78, 5) is 0. The van der Waals surface area contributed by atoms with E-state index in [0.717, 1.165) is 36.5 Å². The highest BCUT2D eigenvalue weighted by molar-refractivity contribution is 5.25. The highest BCUT2D eigenvalue weighted by Crippen LogP contribution is 2.44. The summed E-state index contributed by atoms with van der Waals surface area (Å²) in [5, 5.41) is 0. The molecule has 0 aliphatic heterocycles. The second kappa shape index (κ2) is 9.55. The van der Waals surface area contributed by atoms with E-state index in [1.54, 1.807) is 11.6 Å². The van der Waals surface area contributed by atoms with E-state index < -0.39 is 0 Å². The molecule has 1 heteroatoms. The SMILES string of the molecule is CCc1ccc([C@H]2CC[C@H]([C@H]3CC[C@H](CC/C=C/F)CC3)CC2)cc1. The van der Waals surface area contributed by atoms with Gasteiger partial charge in [0, 0.05) is 0 Å². The van der Waals surface area contributed by atoms with Crippen LogP contribution in [0.3, 0.4) is 0 Å². The number of hydrogen-bond acceptors (Lipinski definition) is 0. The fourth-order valence-corrected chi connectivity index (χ4v) is 5.29. The van der Waals surface area contributed by atoms with Gasteiger partial charge in [0.05, 0.1) is 6.33 Å². The van der Waals surface area contributed by atoms with Crippen molar-refractivity contribution in [1.82, 2.24) is 0 Å². The molecule has 0 saturated heterocycles. The largest absolute Gasteiger partial charge is 0.216 e. The molecule has 25 heavy (non-hydrogen) atoms.